The molecule has 2 atom stereocenters. The molecule has 2 N–H and O–H groups in total. The predicted octanol–water partition coefficient (Wildman–Crippen LogP) is 0.626. The Balaban J connectivity index is 1.76. The van der Waals surface area contributed by atoms with Crippen LogP contribution in [0.1, 0.15) is 32.6 Å². The molecule has 0 radical (unpaired) electrons. The van der Waals surface area contributed by atoms with Gasteiger partial charge in [-0.1, -0.05) is 6.92 Å². The summed E-state index contributed by atoms with van der Waals surface area (Å²) in [7, 11) is 0. The third-order valence-corrected chi connectivity index (χ3v) is 2.83. The predicted molar refractivity (Wildman–Crippen MR) is 45.8 cm³/mol. The highest BCUT2D eigenvalue weighted by molar-refractivity contribution is 5.03. The number of aliphatic hydroxyl groups is 1. The van der Waals surface area contributed by atoms with Crippen LogP contribution in [0.4, 0.5) is 0 Å². The van der Waals surface area contributed by atoms with Crippen molar-refractivity contribution in [3.8, 4) is 0 Å². The molecule has 2 fully saturated rings. The smallest absolute Gasteiger partial charge is 0.104 e. The molecule has 2 unspecified atom stereocenters. The molecule has 2 rings (SSSR count). The van der Waals surface area contributed by atoms with Crippen LogP contribution < -0.4 is 5.32 Å². The SMILES string of the molecule is CCC(O)NC1COC2(CC2)C1. The Morgan fingerprint density at radius 1 is 1.67 bits per heavy atom. The second-order valence-electron chi connectivity index (χ2n) is 3.99. The van der Waals surface area contributed by atoms with Crippen molar-refractivity contribution in [3.05, 3.63) is 0 Å². The van der Waals surface area contributed by atoms with Gasteiger partial charge in [0.1, 0.15) is 6.23 Å². The maximum atomic E-state index is 9.34. The molecule has 2 aliphatic rings. The van der Waals surface area contributed by atoms with Gasteiger partial charge in [0.05, 0.1) is 12.2 Å². The molecule has 1 heterocycles. The van der Waals surface area contributed by atoms with Gasteiger partial charge in [0.2, 0.25) is 0 Å². The first-order valence-electron chi connectivity index (χ1n) is 4.82. The van der Waals surface area contributed by atoms with Crippen molar-refractivity contribution in [2.75, 3.05) is 6.61 Å². The molecule has 1 aliphatic carbocycles. The molecule has 0 amide bonds. The molecule has 1 aliphatic heterocycles. The summed E-state index contributed by atoms with van der Waals surface area (Å²) in [5.41, 5.74) is 0.227. The van der Waals surface area contributed by atoms with Crippen molar-refractivity contribution in [2.24, 2.45) is 0 Å². The molecular formula is C9H17NO2. The normalized spacial score (nSPS) is 34.0. The molecule has 0 aromatic heterocycles. The van der Waals surface area contributed by atoms with Gasteiger partial charge >= 0.3 is 0 Å². The molecule has 0 aromatic carbocycles. The van der Waals surface area contributed by atoms with Gasteiger partial charge in [-0.25, -0.2) is 0 Å². The second-order valence-corrected chi connectivity index (χ2v) is 3.99. The van der Waals surface area contributed by atoms with Gasteiger partial charge in [0, 0.05) is 6.04 Å². The lowest BCUT2D eigenvalue weighted by Crippen LogP contribution is -2.38. The van der Waals surface area contributed by atoms with Crippen LogP contribution in [0.5, 0.6) is 0 Å². The first-order valence-corrected chi connectivity index (χ1v) is 4.82. The third-order valence-electron chi connectivity index (χ3n) is 2.83. The van der Waals surface area contributed by atoms with E-state index in [4.69, 9.17) is 4.74 Å². The van der Waals surface area contributed by atoms with E-state index < -0.39 is 0 Å². The van der Waals surface area contributed by atoms with E-state index in [9.17, 15) is 5.11 Å². The Bertz CT molecular complexity index is 168. The summed E-state index contributed by atoms with van der Waals surface area (Å²) in [4.78, 5) is 0. The Kier molecular flexibility index (Phi) is 2.10. The number of nitrogens with one attached hydrogen (secondary N) is 1. The van der Waals surface area contributed by atoms with Crippen LogP contribution in [-0.2, 0) is 4.74 Å². The van der Waals surface area contributed by atoms with Gasteiger partial charge in [-0.05, 0) is 25.7 Å². The van der Waals surface area contributed by atoms with Crippen LogP contribution in [0.25, 0.3) is 0 Å². The molecule has 0 aromatic rings. The zero-order valence-corrected chi connectivity index (χ0v) is 7.55. The second kappa shape index (κ2) is 2.98. The van der Waals surface area contributed by atoms with E-state index >= 15 is 0 Å². The maximum Gasteiger partial charge on any atom is 0.104 e. The van der Waals surface area contributed by atoms with Crippen LogP contribution in [-0.4, -0.2) is 29.6 Å². The fourth-order valence-corrected chi connectivity index (χ4v) is 1.83. The molecular weight excluding hydrogens is 154 g/mol. The fraction of sp³-hybridized carbons (Fsp3) is 1.00. The van der Waals surface area contributed by atoms with Crippen LogP contribution in [0.3, 0.4) is 0 Å². The number of hydrogen-bond donors (Lipinski definition) is 2. The number of ether oxygens (including phenoxy) is 1. The fourth-order valence-electron chi connectivity index (χ4n) is 1.83. The maximum absolute atomic E-state index is 9.34. The van der Waals surface area contributed by atoms with Gasteiger partial charge in [-0.2, -0.15) is 0 Å². The standard InChI is InChI=1S/C9H17NO2/c1-2-8(11)10-7-5-9(3-4-9)12-6-7/h7-8,10-11H,2-6H2,1H3. The molecule has 3 nitrogen and oxygen atoms in total. The van der Waals surface area contributed by atoms with E-state index in [2.05, 4.69) is 5.32 Å². The highest BCUT2D eigenvalue weighted by Crippen LogP contribution is 2.47. The van der Waals surface area contributed by atoms with Crippen LogP contribution in [0, 0.1) is 0 Å². The molecule has 0 bridgehead atoms. The average molecular weight is 171 g/mol. The lowest BCUT2D eigenvalue weighted by molar-refractivity contribution is 0.0807. The quantitative estimate of drug-likeness (QED) is 0.612. The average Bonchev–Trinajstić information content (AvgIpc) is 2.68. The first-order chi connectivity index (χ1) is 5.74. The summed E-state index contributed by atoms with van der Waals surface area (Å²) < 4.78 is 5.64. The highest BCUT2D eigenvalue weighted by Gasteiger charge is 2.50. The summed E-state index contributed by atoms with van der Waals surface area (Å²) in [6, 6.07) is 0.377. The number of aliphatic hydroxyl groups excluding tert-OH is 1. The summed E-state index contributed by atoms with van der Waals surface area (Å²) in [5, 5.41) is 12.5. The number of hydrogen-bond acceptors (Lipinski definition) is 3. The molecule has 70 valence electrons. The van der Waals surface area contributed by atoms with Crippen molar-refractivity contribution in [1.82, 2.24) is 5.32 Å². The zero-order chi connectivity index (χ0) is 8.60. The molecule has 1 saturated heterocycles. The lowest BCUT2D eigenvalue weighted by Gasteiger charge is -2.15. The van der Waals surface area contributed by atoms with E-state index in [-0.39, 0.29) is 11.8 Å². The minimum atomic E-state index is -0.354. The summed E-state index contributed by atoms with van der Waals surface area (Å²) >= 11 is 0. The Labute approximate surface area is 73.1 Å². The van der Waals surface area contributed by atoms with Crippen LogP contribution in [0.2, 0.25) is 0 Å². The monoisotopic (exact) mass is 171 g/mol. The molecule has 1 spiro atoms. The van der Waals surface area contributed by atoms with E-state index in [0.717, 1.165) is 19.4 Å². The Morgan fingerprint density at radius 3 is 2.92 bits per heavy atom. The molecule has 3 heteroatoms. The van der Waals surface area contributed by atoms with Gasteiger partial charge in [-0.15, -0.1) is 0 Å². The minimum Gasteiger partial charge on any atom is -0.379 e. The van der Waals surface area contributed by atoms with Crippen molar-refractivity contribution >= 4 is 0 Å². The molecule has 1 saturated carbocycles. The Hall–Kier alpha value is -0.120. The van der Waals surface area contributed by atoms with Crippen molar-refractivity contribution < 1.29 is 9.84 Å². The van der Waals surface area contributed by atoms with Gasteiger partial charge in [0.25, 0.3) is 0 Å². The van der Waals surface area contributed by atoms with Crippen LogP contribution >= 0.6 is 0 Å². The minimum absolute atomic E-state index is 0.227. The van der Waals surface area contributed by atoms with E-state index in [1.165, 1.54) is 12.8 Å². The van der Waals surface area contributed by atoms with Gasteiger partial charge in [-0.3, -0.25) is 5.32 Å². The first kappa shape index (κ1) is 8.48. The summed E-state index contributed by atoms with van der Waals surface area (Å²) in [5.74, 6) is 0. The topological polar surface area (TPSA) is 41.5 Å². The highest BCUT2D eigenvalue weighted by atomic mass is 16.5. The van der Waals surface area contributed by atoms with E-state index in [1.807, 2.05) is 6.92 Å². The van der Waals surface area contributed by atoms with E-state index in [1.54, 1.807) is 0 Å². The van der Waals surface area contributed by atoms with Gasteiger partial charge < -0.3 is 9.84 Å². The van der Waals surface area contributed by atoms with E-state index in [0.29, 0.717) is 6.04 Å². The largest absolute Gasteiger partial charge is 0.379 e. The summed E-state index contributed by atoms with van der Waals surface area (Å²) in [6.07, 6.45) is 3.93. The van der Waals surface area contributed by atoms with Crippen molar-refractivity contribution in [3.63, 3.8) is 0 Å². The van der Waals surface area contributed by atoms with Crippen molar-refractivity contribution in [1.29, 1.82) is 0 Å². The third kappa shape index (κ3) is 1.63. The van der Waals surface area contributed by atoms with Gasteiger partial charge in [0.15, 0.2) is 0 Å². The lowest BCUT2D eigenvalue weighted by atomic mass is 10.1. The molecule has 12 heavy (non-hydrogen) atoms. The van der Waals surface area contributed by atoms with Crippen LogP contribution in [0.15, 0.2) is 0 Å². The number of rotatable bonds is 3. The summed E-state index contributed by atoms with van der Waals surface area (Å²) in [6.45, 7) is 2.75. The van der Waals surface area contributed by atoms with Crippen molar-refractivity contribution in [2.45, 2.75) is 50.5 Å². The Morgan fingerprint density at radius 2 is 2.42 bits per heavy atom. The zero-order valence-electron chi connectivity index (χ0n) is 7.55.